The summed E-state index contributed by atoms with van der Waals surface area (Å²) in [6.07, 6.45) is 2.12. The molecule has 35 heavy (non-hydrogen) atoms. The Hall–Kier alpha value is -3.86. The van der Waals surface area contributed by atoms with Crippen molar-refractivity contribution in [3.05, 3.63) is 94.6 Å². The lowest BCUT2D eigenvalue weighted by atomic mass is 9.65. The van der Waals surface area contributed by atoms with Crippen LogP contribution < -0.4 is 5.32 Å². The molecule has 0 radical (unpaired) electrons. The average molecular weight is 466 g/mol. The standard InChI is InChI=1S/C30H29N2O3/c1-18-16-30(2,3)17-22-27(18)29(31-23-13-12-19-8-4-5-9-20(19)28(22)23)26-15-14-25(35-26)21-10-6-7-11-24(21)32(33)34/h4-15,18,29,31H,16-17H2,1-3H3,(H,33,34)/q+1. The number of allylic oxidation sites excluding steroid dienone is 1. The predicted molar refractivity (Wildman–Crippen MR) is 139 cm³/mol. The molecule has 1 aliphatic carbocycles. The molecule has 2 atom stereocenters. The lowest BCUT2D eigenvalue weighted by Gasteiger charge is -2.43. The van der Waals surface area contributed by atoms with Crippen molar-refractivity contribution in [1.29, 1.82) is 0 Å². The van der Waals surface area contributed by atoms with E-state index in [0.29, 0.717) is 17.2 Å². The second kappa shape index (κ2) is 7.84. The zero-order valence-corrected chi connectivity index (χ0v) is 20.2. The Labute approximate surface area is 204 Å². The molecule has 6 rings (SSSR count). The van der Waals surface area contributed by atoms with Crippen LogP contribution in [0.5, 0.6) is 0 Å². The van der Waals surface area contributed by atoms with E-state index in [-0.39, 0.29) is 22.1 Å². The van der Waals surface area contributed by atoms with Crippen molar-refractivity contribution < 1.29 is 14.5 Å². The molecule has 4 aromatic rings. The zero-order valence-electron chi connectivity index (χ0n) is 20.2. The number of fused-ring (bicyclic) bond motifs is 4. The Kier molecular flexibility index (Phi) is 4.85. The highest BCUT2D eigenvalue weighted by Gasteiger charge is 2.40. The fourth-order valence-corrected chi connectivity index (χ4v) is 6.26. The summed E-state index contributed by atoms with van der Waals surface area (Å²) in [7, 11) is 0. The Balaban J connectivity index is 1.52. The first kappa shape index (κ1) is 21.7. The van der Waals surface area contributed by atoms with Crippen molar-refractivity contribution in [3.8, 4) is 11.3 Å². The van der Waals surface area contributed by atoms with Crippen LogP contribution in [0.1, 0.15) is 51.0 Å². The zero-order chi connectivity index (χ0) is 24.3. The third-order valence-corrected chi connectivity index (χ3v) is 7.52. The molecule has 0 saturated carbocycles. The molecular formula is C30H29N2O3+. The Morgan fingerprint density at radius 1 is 1.00 bits per heavy atom. The summed E-state index contributed by atoms with van der Waals surface area (Å²) >= 11 is 0. The first-order valence-corrected chi connectivity index (χ1v) is 12.2. The molecule has 0 bridgehead atoms. The van der Waals surface area contributed by atoms with Gasteiger partial charge in [-0.05, 0) is 70.4 Å². The highest BCUT2D eigenvalue weighted by atomic mass is 16.6. The smallest absolute Gasteiger partial charge is 0.327 e. The van der Waals surface area contributed by atoms with Gasteiger partial charge in [-0.1, -0.05) is 63.2 Å². The van der Waals surface area contributed by atoms with Crippen molar-refractivity contribution in [3.63, 3.8) is 0 Å². The number of para-hydroxylation sites is 1. The number of hydrogen-bond acceptors (Lipinski definition) is 3. The number of anilines is 1. The lowest BCUT2D eigenvalue weighted by Crippen LogP contribution is -2.31. The third-order valence-electron chi connectivity index (χ3n) is 7.52. The van der Waals surface area contributed by atoms with Crippen LogP contribution in [0.3, 0.4) is 0 Å². The van der Waals surface area contributed by atoms with Crippen molar-refractivity contribution in [2.24, 2.45) is 11.3 Å². The fourth-order valence-electron chi connectivity index (χ4n) is 6.26. The van der Waals surface area contributed by atoms with Crippen molar-refractivity contribution in [1.82, 2.24) is 0 Å². The van der Waals surface area contributed by atoms with E-state index in [1.165, 1.54) is 27.5 Å². The number of furan rings is 1. The van der Waals surface area contributed by atoms with Crippen LogP contribution in [0.4, 0.5) is 11.4 Å². The van der Waals surface area contributed by atoms with Gasteiger partial charge in [0, 0.05) is 17.3 Å². The maximum absolute atomic E-state index is 11.7. The first-order chi connectivity index (χ1) is 16.8. The normalized spacial score (nSPS) is 20.8. The van der Waals surface area contributed by atoms with Crippen LogP contribution in [0.2, 0.25) is 0 Å². The van der Waals surface area contributed by atoms with Crippen LogP contribution in [-0.4, -0.2) is 10.1 Å². The Morgan fingerprint density at radius 3 is 2.60 bits per heavy atom. The molecule has 1 aromatic heterocycles. The van der Waals surface area contributed by atoms with Crippen LogP contribution in [0, 0.1) is 16.2 Å². The second-order valence-electron chi connectivity index (χ2n) is 10.7. The van der Waals surface area contributed by atoms with Crippen LogP contribution >= 0.6 is 0 Å². The molecule has 5 nitrogen and oxygen atoms in total. The predicted octanol–water partition coefficient (Wildman–Crippen LogP) is 8.28. The highest BCUT2D eigenvalue weighted by Crippen LogP contribution is 2.55. The number of rotatable bonds is 3. The molecule has 5 heteroatoms. The average Bonchev–Trinajstić information content (AvgIpc) is 3.32. The summed E-state index contributed by atoms with van der Waals surface area (Å²) in [5.41, 5.74) is 6.17. The number of hydrogen-bond donors (Lipinski definition) is 2. The Bertz CT molecular complexity index is 1510. The lowest BCUT2D eigenvalue weighted by molar-refractivity contribution is -0.729. The third kappa shape index (κ3) is 3.54. The highest BCUT2D eigenvalue weighted by molar-refractivity contribution is 6.01. The van der Waals surface area contributed by atoms with Gasteiger partial charge in [0.2, 0.25) is 0 Å². The minimum atomic E-state index is -0.107. The molecule has 2 unspecified atom stereocenters. The molecule has 176 valence electrons. The molecule has 2 N–H and O–H groups in total. The van der Waals surface area contributed by atoms with E-state index in [1.54, 1.807) is 18.2 Å². The van der Waals surface area contributed by atoms with Crippen molar-refractivity contribution in [2.45, 2.75) is 39.7 Å². The number of nitrogens with zero attached hydrogens (tertiary/aromatic N) is 1. The molecule has 0 fully saturated rings. The van der Waals surface area contributed by atoms with E-state index >= 15 is 0 Å². The van der Waals surface area contributed by atoms with Gasteiger partial charge < -0.3 is 9.73 Å². The maximum atomic E-state index is 11.7. The molecule has 1 aliphatic heterocycles. The summed E-state index contributed by atoms with van der Waals surface area (Å²) in [4.78, 5) is 11.6. The van der Waals surface area contributed by atoms with E-state index < -0.39 is 0 Å². The SMILES string of the molecule is CC1CC(C)(C)CC2=C1C(c1ccc(-c3ccccc3[N+](=O)O)o1)Nc1ccc3ccccc3c12. The van der Waals surface area contributed by atoms with E-state index in [9.17, 15) is 10.1 Å². The van der Waals surface area contributed by atoms with Crippen molar-refractivity contribution in [2.75, 3.05) is 5.32 Å². The molecule has 0 spiro atoms. The molecule has 2 aliphatic rings. The Morgan fingerprint density at radius 2 is 1.77 bits per heavy atom. The van der Waals surface area contributed by atoms with Crippen molar-refractivity contribution >= 4 is 27.7 Å². The maximum Gasteiger partial charge on any atom is 0.327 e. The van der Waals surface area contributed by atoms with Gasteiger partial charge in [-0.3, -0.25) is 0 Å². The monoisotopic (exact) mass is 465 g/mol. The molecule has 3 aromatic carbocycles. The van der Waals surface area contributed by atoms with Gasteiger partial charge in [0.05, 0.1) is 10.5 Å². The van der Waals surface area contributed by atoms with Gasteiger partial charge in [-0.2, -0.15) is 0 Å². The van der Waals surface area contributed by atoms with Gasteiger partial charge in [0.25, 0.3) is 4.92 Å². The van der Waals surface area contributed by atoms with Gasteiger partial charge >= 0.3 is 5.69 Å². The minimum Gasteiger partial charge on any atom is -0.458 e. The fraction of sp³-hybridized carbons (Fsp3) is 0.267. The van der Waals surface area contributed by atoms with E-state index in [2.05, 4.69) is 62.5 Å². The summed E-state index contributed by atoms with van der Waals surface area (Å²) in [5, 5.41) is 15.9. The number of benzene rings is 3. The summed E-state index contributed by atoms with van der Waals surface area (Å²) in [6.45, 7) is 7.04. The van der Waals surface area contributed by atoms with E-state index in [1.807, 2.05) is 18.2 Å². The second-order valence-corrected chi connectivity index (χ2v) is 10.7. The first-order valence-electron chi connectivity index (χ1n) is 12.2. The summed E-state index contributed by atoms with van der Waals surface area (Å²) in [6, 6.07) is 23.6. The van der Waals surface area contributed by atoms with Gasteiger partial charge in [0.1, 0.15) is 17.6 Å². The van der Waals surface area contributed by atoms with Gasteiger partial charge in [-0.15, -0.1) is 0 Å². The number of nitrogens with one attached hydrogen (secondary N) is 1. The van der Waals surface area contributed by atoms with E-state index in [0.717, 1.165) is 24.3 Å². The van der Waals surface area contributed by atoms with Crippen LogP contribution in [-0.2, 0) is 0 Å². The quantitative estimate of drug-likeness (QED) is 0.299. The molecular weight excluding hydrogens is 436 g/mol. The molecule has 0 amide bonds. The summed E-state index contributed by atoms with van der Waals surface area (Å²) in [5.74, 6) is 1.75. The minimum absolute atomic E-state index is 0.0943. The van der Waals surface area contributed by atoms with Crippen LogP contribution in [0.25, 0.3) is 27.7 Å². The molecule has 2 heterocycles. The molecule has 0 saturated heterocycles. The largest absolute Gasteiger partial charge is 0.458 e. The van der Waals surface area contributed by atoms with Crippen LogP contribution in [0.15, 0.2) is 82.8 Å². The van der Waals surface area contributed by atoms with Gasteiger partial charge in [0.15, 0.2) is 0 Å². The summed E-state index contributed by atoms with van der Waals surface area (Å²) < 4.78 is 6.38. The van der Waals surface area contributed by atoms with Gasteiger partial charge in [-0.25, -0.2) is 5.21 Å². The van der Waals surface area contributed by atoms with E-state index in [4.69, 9.17) is 4.42 Å². The topological polar surface area (TPSA) is 65.5 Å².